The molecule has 4 heterocycles. The van der Waals surface area contributed by atoms with Gasteiger partial charge in [0.25, 0.3) is 0 Å². The van der Waals surface area contributed by atoms with Crippen molar-refractivity contribution in [1.29, 1.82) is 0 Å². The van der Waals surface area contributed by atoms with Gasteiger partial charge in [0.2, 0.25) is 0 Å². The highest BCUT2D eigenvalue weighted by Crippen LogP contribution is 2.27. The fourth-order valence-electron chi connectivity index (χ4n) is 3.12. The minimum Gasteiger partial charge on any atom is -0.365 e. The average molecular weight is 341 g/mol. The first-order valence-corrected chi connectivity index (χ1v) is 8.37. The average Bonchev–Trinajstić information content (AvgIpc) is 3.07. The zero-order valence-corrected chi connectivity index (χ0v) is 14.0. The molecule has 0 bridgehead atoms. The summed E-state index contributed by atoms with van der Waals surface area (Å²) in [5.74, 6) is 0.548. The van der Waals surface area contributed by atoms with E-state index in [1.54, 1.807) is 23.3 Å². The predicted molar refractivity (Wildman–Crippen MR) is 94.0 cm³/mol. The summed E-state index contributed by atoms with van der Waals surface area (Å²) in [7, 11) is 1.85. The van der Waals surface area contributed by atoms with E-state index >= 15 is 0 Å². The van der Waals surface area contributed by atoms with E-state index in [0.29, 0.717) is 29.8 Å². The molecule has 1 aliphatic heterocycles. The van der Waals surface area contributed by atoms with Crippen LogP contribution in [0.2, 0.25) is 0 Å². The fourth-order valence-corrected chi connectivity index (χ4v) is 3.12. The van der Waals surface area contributed by atoms with Gasteiger partial charge in [0.1, 0.15) is 11.2 Å². The molecular weight excluding hydrogens is 321 g/mol. The first-order chi connectivity index (χ1) is 12.1. The van der Waals surface area contributed by atoms with E-state index in [2.05, 4.69) is 30.7 Å². The van der Waals surface area contributed by atoms with Crippen LogP contribution in [-0.4, -0.2) is 50.0 Å². The van der Waals surface area contributed by atoms with E-state index in [4.69, 9.17) is 0 Å². The number of piperidine rings is 1. The van der Waals surface area contributed by atoms with Crippen LogP contribution in [0.3, 0.4) is 0 Å². The first-order valence-electron chi connectivity index (χ1n) is 8.37. The van der Waals surface area contributed by atoms with Crippen LogP contribution < -0.4 is 10.6 Å². The number of halogens is 1. The van der Waals surface area contributed by atoms with Gasteiger partial charge in [-0.3, -0.25) is 9.67 Å². The van der Waals surface area contributed by atoms with Gasteiger partial charge in [0.15, 0.2) is 5.82 Å². The second kappa shape index (κ2) is 6.36. The summed E-state index contributed by atoms with van der Waals surface area (Å²) in [5, 5.41) is 10.5. The molecule has 3 aromatic rings. The molecule has 0 aromatic carbocycles. The van der Waals surface area contributed by atoms with E-state index < -0.39 is 5.67 Å². The van der Waals surface area contributed by atoms with Crippen LogP contribution in [0, 0.1) is 0 Å². The number of aromatic nitrogens is 5. The van der Waals surface area contributed by atoms with E-state index in [1.165, 1.54) is 0 Å². The van der Waals surface area contributed by atoms with Gasteiger partial charge in [-0.1, -0.05) is 0 Å². The summed E-state index contributed by atoms with van der Waals surface area (Å²) in [5.41, 5.74) is 1.69. The summed E-state index contributed by atoms with van der Waals surface area (Å²) in [6.45, 7) is 1.41. The molecule has 1 aliphatic rings. The Balaban J connectivity index is 1.68. The third-order valence-corrected chi connectivity index (χ3v) is 4.45. The van der Waals surface area contributed by atoms with Crippen LogP contribution in [0.15, 0.2) is 30.9 Å². The molecule has 130 valence electrons. The van der Waals surface area contributed by atoms with Gasteiger partial charge in [-0.15, -0.1) is 0 Å². The molecule has 7 nitrogen and oxygen atoms in total. The maximum absolute atomic E-state index is 14.9. The molecule has 8 heteroatoms. The summed E-state index contributed by atoms with van der Waals surface area (Å²) < 4.78 is 16.6. The van der Waals surface area contributed by atoms with Crippen LogP contribution in [0.5, 0.6) is 0 Å². The van der Waals surface area contributed by atoms with Crippen LogP contribution in [0.4, 0.5) is 10.2 Å². The highest BCUT2D eigenvalue weighted by molar-refractivity contribution is 5.88. The van der Waals surface area contributed by atoms with Gasteiger partial charge in [-0.2, -0.15) is 5.10 Å². The molecule has 0 radical (unpaired) electrons. The number of hydrogen-bond donors (Lipinski definition) is 2. The summed E-state index contributed by atoms with van der Waals surface area (Å²) >= 11 is 0. The maximum atomic E-state index is 14.9. The highest BCUT2D eigenvalue weighted by Gasteiger charge is 2.31. The number of rotatable bonds is 4. The Labute approximate surface area is 144 Å². The lowest BCUT2D eigenvalue weighted by atomic mass is 9.96. The Hall–Kier alpha value is -2.61. The molecule has 0 amide bonds. The maximum Gasteiger partial charge on any atom is 0.155 e. The van der Waals surface area contributed by atoms with Crippen LogP contribution in [-0.2, 0) is 7.05 Å². The van der Waals surface area contributed by atoms with Gasteiger partial charge in [0, 0.05) is 37.7 Å². The molecular formula is C17H20FN7. The smallest absolute Gasteiger partial charge is 0.155 e. The van der Waals surface area contributed by atoms with Gasteiger partial charge in [-0.25, -0.2) is 14.4 Å². The van der Waals surface area contributed by atoms with Crippen molar-refractivity contribution in [3.05, 3.63) is 30.9 Å². The van der Waals surface area contributed by atoms with Crippen molar-refractivity contribution in [2.45, 2.75) is 18.5 Å². The van der Waals surface area contributed by atoms with Crippen molar-refractivity contribution >= 4 is 16.9 Å². The Morgan fingerprint density at radius 2 is 2.24 bits per heavy atom. The number of nitrogens with zero attached hydrogens (tertiary/aromatic N) is 5. The first kappa shape index (κ1) is 15.9. The third-order valence-electron chi connectivity index (χ3n) is 4.45. The molecule has 0 unspecified atom stereocenters. The second-order valence-electron chi connectivity index (χ2n) is 6.47. The van der Waals surface area contributed by atoms with Crippen LogP contribution >= 0.6 is 0 Å². The topological polar surface area (TPSA) is 80.5 Å². The fraction of sp³-hybridized carbons (Fsp3) is 0.412. The molecule has 1 saturated heterocycles. The van der Waals surface area contributed by atoms with Crippen LogP contribution in [0.1, 0.15) is 12.8 Å². The second-order valence-corrected chi connectivity index (χ2v) is 6.47. The van der Waals surface area contributed by atoms with E-state index in [9.17, 15) is 4.39 Å². The van der Waals surface area contributed by atoms with Gasteiger partial charge in [-0.05, 0) is 25.5 Å². The van der Waals surface area contributed by atoms with Crippen LogP contribution in [0.25, 0.3) is 22.3 Å². The summed E-state index contributed by atoms with van der Waals surface area (Å²) in [6.07, 6.45) is 8.26. The van der Waals surface area contributed by atoms with E-state index in [1.807, 2.05) is 19.3 Å². The predicted octanol–water partition coefficient (Wildman–Crippen LogP) is 1.93. The Morgan fingerprint density at radius 1 is 1.36 bits per heavy atom. The molecule has 0 saturated carbocycles. The van der Waals surface area contributed by atoms with Crippen molar-refractivity contribution in [3.63, 3.8) is 0 Å². The monoisotopic (exact) mass is 341 g/mol. The van der Waals surface area contributed by atoms with Gasteiger partial charge >= 0.3 is 0 Å². The lowest BCUT2D eigenvalue weighted by Crippen LogP contribution is -2.46. The molecule has 2 N–H and O–H groups in total. The number of hydrogen-bond acceptors (Lipinski definition) is 6. The number of aryl methyl sites for hydroxylation is 1. The molecule has 4 rings (SSSR count). The third kappa shape index (κ3) is 3.30. The molecule has 25 heavy (non-hydrogen) atoms. The molecule has 3 aromatic heterocycles. The number of alkyl halides is 1. The van der Waals surface area contributed by atoms with E-state index in [0.717, 1.165) is 24.2 Å². The standard InChI is InChI=1S/C17H20FN7/c1-25-9-12(8-23-25)13-7-14-15(21-6-5-20-14)16(24-13)22-11-17(18)3-2-4-19-10-17/h5-9,19H,2-4,10-11H2,1H3,(H,22,24)/t17-/m1/s1. The minimum absolute atomic E-state index is 0.190. The lowest BCUT2D eigenvalue weighted by molar-refractivity contribution is 0.137. The Bertz CT molecular complexity index is 886. The number of nitrogens with one attached hydrogen (secondary N) is 2. The summed E-state index contributed by atoms with van der Waals surface area (Å²) in [4.78, 5) is 13.4. The normalized spacial score (nSPS) is 20.7. The number of fused-ring (bicyclic) bond motifs is 1. The van der Waals surface area contributed by atoms with Gasteiger partial charge in [0.05, 0.1) is 24.0 Å². The zero-order chi connectivity index (χ0) is 17.3. The molecule has 1 fully saturated rings. The molecule has 1 atom stereocenters. The number of pyridine rings is 1. The Kier molecular flexibility index (Phi) is 4.04. The van der Waals surface area contributed by atoms with Crippen molar-refractivity contribution in [3.8, 4) is 11.3 Å². The highest BCUT2D eigenvalue weighted by atomic mass is 19.1. The van der Waals surface area contributed by atoms with Crippen molar-refractivity contribution in [2.24, 2.45) is 7.05 Å². The summed E-state index contributed by atoms with van der Waals surface area (Å²) in [6, 6.07) is 1.87. The zero-order valence-electron chi connectivity index (χ0n) is 14.0. The number of anilines is 1. The minimum atomic E-state index is -1.28. The molecule has 0 aliphatic carbocycles. The van der Waals surface area contributed by atoms with Crippen molar-refractivity contribution in [2.75, 3.05) is 25.0 Å². The SMILES string of the molecule is Cn1cc(-c2cc3nccnc3c(NC[C@@]3(F)CCCNC3)n2)cn1. The van der Waals surface area contributed by atoms with Crippen molar-refractivity contribution in [1.82, 2.24) is 30.0 Å². The van der Waals surface area contributed by atoms with Gasteiger partial charge < -0.3 is 10.6 Å². The Morgan fingerprint density at radius 3 is 3.00 bits per heavy atom. The largest absolute Gasteiger partial charge is 0.365 e. The van der Waals surface area contributed by atoms with E-state index in [-0.39, 0.29) is 6.54 Å². The quantitative estimate of drug-likeness (QED) is 0.755. The lowest BCUT2D eigenvalue weighted by Gasteiger charge is -2.30. The molecule has 0 spiro atoms. The van der Waals surface area contributed by atoms with Crippen molar-refractivity contribution < 1.29 is 4.39 Å².